The van der Waals surface area contributed by atoms with Crippen LogP contribution in [0.5, 0.6) is 0 Å². The van der Waals surface area contributed by atoms with Gasteiger partial charge in [0.1, 0.15) is 6.54 Å². The molecule has 0 saturated carbocycles. The zero-order chi connectivity index (χ0) is 24.4. The summed E-state index contributed by atoms with van der Waals surface area (Å²) in [4.78, 5) is 45.4. The second kappa shape index (κ2) is 9.79. The number of thioether (sulfide) groups is 1. The van der Waals surface area contributed by atoms with Gasteiger partial charge in [-0.1, -0.05) is 24.3 Å². The third kappa shape index (κ3) is 4.46. The van der Waals surface area contributed by atoms with Gasteiger partial charge < -0.3 is 15.0 Å². The van der Waals surface area contributed by atoms with Crippen LogP contribution < -0.4 is 15.9 Å². The molecule has 0 spiro atoms. The highest BCUT2D eigenvalue weighted by atomic mass is 32.2. The van der Waals surface area contributed by atoms with Crippen LogP contribution >= 0.6 is 11.8 Å². The summed E-state index contributed by atoms with van der Waals surface area (Å²) < 4.78 is 7.71. The van der Waals surface area contributed by atoms with Crippen LogP contribution in [0.3, 0.4) is 0 Å². The van der Waals surface area contributed by atoms with Crippen LogP contribution in [-0.4, -0.2) is 62.2 Å². The average molecular weight is 493 g/mol. The zero-order valence-electron chi connectivity index (χ0n) is 19.1. The van der Waals surface area contributed by atoms with Gasteiger partial charge in [-0.3, -0.25) is 4.79 Å². The lowest BCUT2D eigenvalue weighted by Gasteiger charge is -2.27. The van der Waals surface area contributed by atoms with Gasteiger partial charge in [-0.05, 0) is 31.2 Å². The second-order valence-corrected chi connectivity index (χ2v) is 9.16. The Hall–Kier alpha value is -3.86. The summed E-state index contributed by atoms with van der Waals surface area (Å²) in [5, 5.41) is 7.22. The number of nitrogens with one attached hydrogen (secondary N) is 1. The van der Waals surface area contributed by atoms with Crippen molar-refractivity contribution in [2.24, 2.45) is 0 Å². The van der Waals surface area contributed by atoms with Gasteiger partial charge >= 0.3 is 11.7 Å². The molecule has 180 valence electrons. The van der Waals surface area contributed by atoms with Crippen molar-refractivity contribution in [3.63, 3.8) is 0 Å². The van der Waals surface area contributed by atoms with Crippen molar-refractivity contribution in [1.82, 2.24) is 19.2 Å². The maximum Gasteiger partial charge on any atom is 0.351 e. The molecule has 10 nitrogen and oxygen atoms in total. The maximum atomic E-state index is 13.4. The fourth-order valence-electron chi connectivity index (χ4n) is 4.08. The molecule has 1 fully saturated rings. The van der Waals surface area contributed by atoms with Gasteiger partial charge in [-0.15, -0.1) is 5.10 Å². The van der Waals surface area contributed by atoms with Gasteiger partial charge in [-0.25, -0.2) is 23.7 Å². The highest BCUT2D eigenvalue weighted by Gasteiger charge is 2.23. The van der Waals surface area contributed by atoms with Crippen molar-refractivity contribution in [2.75, 3.05) is 41.4 Å². The van der Waals surface area contributed by atoms with Gasteiger partial charge in [0.15, 0.2) is 5.82 Å². The van der Waals surface area contributed by atoms with E-state index in [1.54, 1.807) is 31.2 Å². The lowest BCUT2D eigenvalue weighted by Crippen LogP contribution is -2.33. The predicted molar refractivity (Wildman–Crippen MR) is 135 cm³/mol. The first-order valence-corrected chi connectivity index (χ1v) is 12.5. The molecule has 0 atom stereocenters. The van der Waals surface area contributed by atoms with E-state index in [4.69, 9.17) is 9.72 Å². The van der Waals surface area contributed by atoms with E-state index in [2.05, 4.69) is 15.3 Å². The molecule has 1 N–H and O–H groups in total. The fourth-order valence-corrected chi connectivity index (χ4v) is 4.98. The smallest absolute Gasteiger partial charge is 0.351 e. The SMILES string of the molecule is CCOC(=O)c1ccccc1NC(=O)Cn1nc2c(N3CCSCC3)nc3ccccc3n2c1=O. The number of carbonyl (C=O) groups excluding carboxylic acids is 2. The summed E-state index contributed by atoms with van der Waals surface area (Å²) in [5.41, 5.74) is 1.85. The number of aromatic nitrogens is 4. The van der Waals surface area contributed by atoms with Crippen molar-refractivity contribution in [1.29, 1.82) is 0 Å². The number of rotatable bonds is 6. The van der Waals surface area contributed by atoms with Crippen molar-refractivity contribution in [2.45, 2.75) is 13.5 Å². The van der Waals surface area contributed by atoms with Crippen LogP contribution in [0, 0.1) is 0 Å². The molecular formula is C24H24N6O4S. The van der Waals surface area contributed by atoms with E-state index in [-0.39, 0.29) is 18.7 Å². The van der Waals surface area contributed by atoms with Crippen molar-refractivity contribution >= 4 is 51.8 Å². The molecule has 0 aliphatic carbocycles. The van der Waals surface area contributed by atoms with Crippen molar-refractivity contribution in [3.8, 4) is 0 Å². The van der Waals surface area contributed by atoms with E-state index in [1.807, 2.05) is 36.0 Å². The molecule has 0 bridgehead atoms. The minimum atomic E-state index is -0.532. The molecule has 1 aliphatic heterocycles. The summed E-state index contributed by atoms with van der Waals surface area (Å²) in [6.07, 6.45) is 0. The molecule has 35 heavy (non-hydrogen) atoms. The standard InChI is InChI=1S/C24H24N6O4S/c1-2-34-23(32)16-7-3-4-8-17(16)25-20(31)15-29-24(33)30-19-10-6-5-9-18(19)26-21(22(30)27-29)28-11-13-35-14-12-28/h3-10H,2,11-15H2,1H3,(H,25,31). The van der Waals surface area contributed by atoms with Gasteiger partial charge in [0.2, 0.25) is 11.6 Å². The van der Waals surface area contributed by atoms with Gasteiger partial charge in [0, 0.05) is 24.6 Å². The number of amides is 1. The Kier molecular flexibility index (Phi) is 6.41. The fraction of sp³-hybridized carbons (Fsp3) is 0.292. The predicted octanol–water partition coefficient (Wildman–Crippen LogP) is 2.41. The molecule has 3 heterocycles. The number of hydrogen-bond donors (Lipinski definition) is 1. The first-order valence-electron chi connectivity index (χ1n) is 11.3. The third-order valence-electron chi connectivity index (χ3n) is 5.69. The highest BCUT2D eigenvalue weighted by Crippen LogP contribution is 2.25. The Morgan fingerprint density at radius 3 is 2.63 bits per heavy atom. The van der Waals surface area contributed by atoms with Gasteiger partial charge in [0.05, 0.1) is 28.9 Å². The topological polar surface area (TPSA) is 111 Å². The Bertz CT molecular complexity index is 1470. The van der Waals surface area contributed by atoms with E-state index in [1.165, 1.54) is 4.40 Å². The second-order valence-electron chi connectivity index (χ2n) is 7.94. The van der Waals surface area contributed by atoms with E-state index in [0.29, 0.717) is 28.2 Å². The number of benzene rings is 2. The number of anilines is 2. The quantitative estimate of drug-likeness (QED) is 0.409. The zero-order valence-corrected chi connectivity index (χ0v) is 20.0. The first kappa shape index (κ1) is 22.9. The summed E-state index contributed by atoms with van der Waals surface area (Å²) >= 11 is 1.88. The Balaban J connectivity index is 1.51. The van der Waals surface area contributed by atoms with E-state index >= 15 is 0 Å². The van der Waals surface area contributed by atoms with Crippen molar-refractivity contribution in [3.05, 3.63) is 64.6 Å². The Morgan fingerprint density at radius 1 is 1.09 bits per heavy atom. The average Bonchev–Trinajstić information content (AvgIpc) is 3.20. The normalized spacial score (nSPS) is 13.8. The number of hydrogen-bond acceptors (Lipinski definition) is 8. The summed E-state index contributed by atoms with van der Waals surface area (Å²) in [6, 6.07) is 14.0. The largest absolute Gasteiger partial charge is 0.462 e. The molecule has 1 amide bonds. The molecule has 11 heteroatoms. The number of esters is 1. The van der Waals surface area contributed by atoms with Crippen LogP contribution in [0.15, 0.2) is 53.3 Å². The Morgan fingerprint density at radius 2 is 1.83 bits per heavy atom. The molecule has 1 aliphatic rings. The van der Waals surface area contributed by atoms with Gasteiger partial charge in [0.25, 0.3) is 0 Å². The Labute approximate surface area is 204 Å². The number of carbonyl (C=O) groups is 2. The molecule has 0 radical (unpaired) electrons. The van der Waals surface area contributed by atoms with E-state index in [9.17, 15) is 14.4 Å². The highest BCUT2D eigenvalue weighted by molar-refractivity contribution is 7.99. The monoisotopic (exact) mass is 492 g/mol. The minimum absolute atomic E-state index is 0.220. The minimum Gasteiger partial charge on any atom is -0.462 e. The van der Waals surface area contributed by atoms with Gasteiger partial charge in [-0.2, -0.15) is 11.8 Å². The van der Waals surface area contributed by atoms with Crippen LogP contribution in [0.1, 0.15) is 17.3 Å². The molecule has 4 aromatic rings. The lowest BCUT2D eigenvalue weighted by molar-refractivity contribution is -0.117. The van der Waals surface area contributed by atoms with Crippen LogP contribution in [0.2, 0.25) is 0 Å². The molecule has 5 rings (SSSR count). The van der Waals surface area contributed by atoms with Crippen LogP contribution in [0.25, 0.3) is 16.7 Å². The van der Waals surface area contributed by atoms with E-state index in [0.717, 1.165) is 29.3 Å². The van der Waals surface area contributed by atoms with Crippen LogP contribution in [-0.2, 0) is 16.1 Å². The first-order chi connectivity index (χ1) is 17.1. The van der Waals surface area contributed by atoms with E-state index < -0.39 is 17.6 Å². The lowest BCUT2D eigenvalue weighted by atomic mass is 10.2. The molecule has 2 aromatic carbocycles. The number of nitrogens with zero attached hydrogens (tertiary/aromatic N) is 5. The molecule has 2 aromatic heterocycles. The number of ether oxygens (including phenoxy) is 1. The number of fused-ring (bicyclic) bond motifs is 3. The third-order valence-corrected chi connectivity index (χ3v) is 6.63. The summed E-state index contributed by atoms with van der Waals surface area (Å²) in [7, 11) is 0. The maximum absolute atomic E-state index is 13.4. The summed E-state index contributed by atoms with van der Waals surface area (Å²) in [6.45, 7) is 3.22. The summed E-state index contributed by atoms with van der Waals surface area (Å²) in [5.74, 6) is 1.55. The molecule has 1 saturated heterocycles. The molecular weight excluding hydrogens is 468 g/mol. The van der Waals surface area contributed by atoms with Crippen molar-refractivity contribution < 1.29 is 14.3 Å². The number of para-hydroxylation sites is 3. The molecule has 0 unspecified atom stereocenters. The van der Waals surface area contributed by atoms with Crippen LogP contribution in [0.4, 0.5) is 11.5 Å².